The number of β-amino-alcohol motifs (C(OH)–C–C–N with tert-alkyl or cyclic N) is 1. The van der Waals surface area contributed by atoms with Crippen LogP contribution in [0.3, 0.4) is 0 Å². The zero-order valence-corrected chi connectivity index (χ0v) is 22.2. The van der Waals surface area contributed by atoms with Gasteiger partial charge in [-0.2, -0.15) is 0 Å². The molecule has 1 aliphatic heterocycles. The first-order chi connectivity index (χ1) is 19.7. The topological polar surface area (TPSA) is 123 Å². The molecule has 0 bridgehead atoms. The normalized spacial score (nSPS) is 14.8. The van der Waals surface area contributed by atoms with E-state index in [0.29, 0.717) is 12.5 Å². The molecule has 5 rings (SSSR count). The Labute approximate surface area is 235 Å². The van der Waals surface area contributed by atoms with E-state index in [2.05, 4.69) is 9.88 Å². The van der Waals surface area contributed by atoms with Gasteiger partial charge >= 0.3 is 11.9 Å². The molecule has 0 unspecified atom stereocenters. The van der Waals surface area contributed by atoms with Crippen molar-refractivity contribution in [3.8, 4) is 5.75 Å². The summed E-state index contributed by atoms with van der Waals surface area (Å²) in [6.07, 6.45) is 3.17. The number of H-pyrrole nitrogens is 1. The molecular formula is C31H32F2N2O6. The van der Waals surface area contributed by atoms with Gasteiger partial charge in [0.15, 0.2) is 0 Å². The Bertz CT molecular complexity index is 1380. The van der Waals surface area contributed by atoms with Gasteiger partial charge in [-0.1, -0.05) is 30.3 Å². The second kappa shape index (κ2) is 13.9. The molecule has 0 amide bonds. The highest BCUT2D eigenvalue weighted by Gasteiger charge is 2.29. The monoisotopic (exact) mass is 566 g/mol. The lowest BCUT2D eigenvalue weighted by Crippen LogP contribution is -2.41. The van der Waals surface area contributed by atoms with Crippen LogP contribution < -0.4 is 4.74 Å². The van der Waals surface area contributed by atoms with E-state index in [1.807, 2.05) is 54.7 Å². The fourth-order valence-electron chi connectivity index (χ4n) is 5.27. The minimum Gasteiger partial charge on any atom is -0.490 e. The third-order valence-electron chi connectivity index (χ3n) is 7.20. The number of aliphatic carboxylic acids is 2. The highest BCUT2D eigenvalue weighted by atomic mass is 19.1. The van der Waals surface area contributed by atoms with E-state index in [9.17, 15) is 13.9 Å². The van der Waals surface area contributed by atoms with E-state index >= 15 is 0 Å². The number of aromatic amines is 1. The van der Waals surface area contributed by atoms with Crippen LogP contribution in [0.4, 0.5) is 8.78 Å². The average Bonchev–Trinajstić information content (AvgIpc) is 3.45. The SMILES string of the molecule is O=C(O)C(=O)O.O[C@H](COc1cccc2[nH]ccc12)CN1CCC(C(c2ccc(F)cc2)c2ccc(F)cc2)CC1. The second-order valence-electron chi connectivity index (χ2n) is 9.99. The van der Waals surface area contributed by atoms with Crippen LogP contribution in [-0.4, -0.2) is 69.5 Å². The van der Waals surface area contributed by atoms with E-state index in [0.717, 1.165) is 53.7 Å². The summed E-state index contributed by atoms with van der Waals surface area (Å²) in [5.74, 6) is -2.97. The molecule has 10 heteroatoms. The number of fused-ring (bicyclic) bond motifs is 1. The highest BCUT2D eigenvalue weighted by molar-refractivity contribution is 6.27. The van der Waals surface area contributed by atoms with Crippen molar-refractivity contribution in [1.82, 2.24) is 9.88 Å². The van der Waals surface area contributed by atoms with Crippen LogP contribution in [0.2, 0.25) is 0 Å². The molecule has 1 saturated heterocycles. The molecule has 4 N–H and O–H groups in total. The Hall–Kier alpha value is -4.28. The number of nitrogens with zero attached hydrogens (tertiary/aromatic N) is 1. The number of nitrogens with one attached hydrogen (secondary N) is 1. The Morgan fingerprint density at radius 1 is 0.878 bits per heavy atom. The van der Waals surface area contributed by atoms with Crippen molar-refractivity contribution in [1.29, 1.82) is 0 Å². The molecule has 216 valence electrons. The zero-order chi connectivity index (χ0) is 29.4. The lowest BCUT2D eigenvalue weighted by molar-refractivity contribution is -0.159. The second-order valence-corrected chi connectivity index (χ2v) is 9.99. The lowest BCUT2D eigenvalue weighted by Gasteiger charge is -2.37. The summed E-state index contributed by atoms with van der Waals surface area (Å²) in [6.45, 7) is 2.49. The fraction of sp³-hybridized carbons (Fsp3) is 0.290. The summed E-state index contributed by atoms with van der Waals surface area (Å²) in [6, 6.07) is 21.1. The number of carboxylic acids is 2. The third kappa shape index (κ3) is 8.12. The fourth-order valence-corrected chi connectivity index (χ4v) is 5.27. The van der Waals surface area contributed by atoms with E-state index < -0.39 is 18.0 Å². The Morgan fingerprint density at radius 3 is 1.98 bits per heavy atom. The minimum atomic E-state index is -1.82. The first-order valence-electron chi connectivity index (χ1n) is 13.3. The molecule has 1 aliphatic rings. The zero-order valence-electron chi connectivity index (χ0n) is 22.2. The molecule has 41 heavy (non-hydrogen) atoms. The molecule has 0 radical (unpaired) electrons. The molecule has 1 atom stereocenters. The van der Waals surface area contributed by atoms with Crippen LogP contribution in [0.5, 0.6) is 5.75 Å². The molecule has 1 fully saturated rings. The predicted molar refractivity (Wildman–Crippen MR) is 149 cm³/mol. The number of hydrogen-bond donors (Lipinski definition) is 4. The van der Waals surface area contributed by atoms with Crippen LogP contribution >= 0.6 is 0 Å². The van der Waals surface area contributed by atoms with Crippen LogP contribution in [0.25, 0.3) is 10.9 Å². The molecule has 3 aromatic carbocycles. The average molecular weight is 567 g/mol. The number of halogens is 2. The van der Waals surface area contributed by atoms with Crippen molar-refractivity contribution in [2.24, 2.45) is 5.92 Å². The summed E-state index contributed by atoms with van der Waals surface area (Å²) in [4.78, 5) is 23.6. The molecule has 0 aliphatic carbocycles. The van der Waals surface area contributed by atoms with Gasteiger partial charge in [-0.3, -0.25) is 0 Å². The van der Waals surface area contributed by atoms with Crippen molar-refractivity contribution in [3.05, 3.63) is 102 Å². The maximum absolute atomic E-state index is 13.6. The number of piperidine rings is 1. The Kier molecular flexibility index (Phi) is 10.0. The summed E-state index contributed by atoms with van der Waals surface area (Å²) in [5.41, 5.74) is 3.10. The summed E-state index contributed by atoms with van der Waals surface area (Å²) >= 11 is 0. The summed E-state index contributed by atoms with van der Waals surface area (Å²) in [5, 5.41) is 26.4. The number of aromatic nitrogens is 1. The predicted octanol–water partition coefficient (Wildman–Crippen LogP) is 4.89. The number of ether oxygens (including phenoxy) is 1. The minimum absolute atomic E-state index is 0.0773. The Balaban J connectivity index is 0.000000585. The number of aliphatic hydroxyl groups excluding tert-OH is 1. The van der Waals surface area contributed by atoms with E-state index in [1.54, 1.807) is 0 Å². The number of rotatable bonds is 8. The van der Waals surface area contributed by atoms with Crippen molar-refractivity contribution in [2.45, 2.75) is 24.9 Å². The Morgan fingerprint density at radius 2 is 1.44 bits per heavy atom. The maximum atomic E-state index is 13.6. The number of likely N-dealkylation sites (tertiary alicyclic amines) is 1. The van der Waals surface area contributed by atoms with Crippen molar-refractivity contribution < 1.29 is 38.4 Å². The van der Waals surface area contributed by atoms with Crippen LogP contribution in [-0.2, 0) is 9.59 Å². The van der Waals surface area contributed by atoms with Gasteiger partial charge in [0, 0.05) is 29.6 Å². The third-order valence-corrected chi connectivity index (χ3v) is 7.20. The smallest absolute Gasteiger partial charge is 0.414 e. The van der Waals surface area contributed by atoms with E-state index in [1.165, 1.54) is 24.3 Å². The van der Waals surface area contributed by atoms with Crippen molar-refractivity contribution >= 4 is 22.8 Å². The van der Waals surface area contributed by atoms with Crippen molar-refractivity contribution in [2.75, 3.05) is 26.2 Å². The molecule has 0 saturated carbocycles. The number of hydrogen-bond acceptors (Lipinski definition) is 5. The van der Waals surface area contributed by atoms with Crippen molar-refractivity contribution in [3.63, 3.8) is 0 Å². The van der Waals surface area contributed by atoms with Gasteiger partial charge in [0.1, 0.15) is 30.1 Å². The highest BCUT2D eigenvalue weighted by Crippen LogP contribution is 2.38. The van der Waals surface area contributed by atoms with Crippen LogP contribution in [0.1, 0.15) is 29.9 Å². The first kappa shape index (κ1) is 29.7. The lowest BCUT2D eigenvalue weighted by atomic mass is 9.76. The van der Waals surface area contributed by atoms with Gasteiger partial charge in [0.25, 0.3) is 0 Å². The van der Waals surface area contributed by atoms with Crippen LogP contribution in [0, 0.1) is 17.6 Å². The molecule has 1 aromatic heterocycles. The summed E-state index contributed by atoms with van der Waals surface area (Å²) < 4.78 is 33.0. The van der Waals surface area contributed by atoms with Gasteiger partial charge in [-0.15, -0.1) is 0 Å². The van der Waals surface area contributed by atoms with Gasteiger partial charge in [-0.05, 0) is 85.4 Å². The first-order valence-corrected chi connectivity index (χ1v) is 13.3. The molecule has 2 heterocycles. The summed E-state index contributed by atoms with van der Waals surface area (Å²) in [7, 11) is 0. The standard InChI is InChI=1S/C29H30F2N2O2.C2H2O4/c30-23-8-4-20(5-9-23)29(21-6-10-24(31)11-7-21)22-13-16-33(17-14-22)18-25(34)19-35-28-3-1-2-27-26(28)12-15-32-27;3-1(4)2(5)6/h1-12,15,22,25,29,32,34H,13-14,16-19H2;(H,3,4)(H,5,6)/t25-;/m0./s1. The molecule has 0 spiro atoms. The van der Waals surface area contributed by atoms with Gasteiger partial charge in [0.05, 0.1) is 0 Å². The molecule has 8 nitrogen and oxygen atoms in total. The van der Waals surface area contributed by atoms with E-state index in [-0.39, 0.29) is 24.2 Å². The van der Waals surface area contributed by atoms with Gasteiger partial charge < -0.3 is 29.9 Å². The maximum Gasteiger partial charge on any atom is 0.414 e. The van der Waals surface area contributed by atoms with Gasteiger partial charge in [-0.25, -0.2) is 18.4 Å². The number of carbonyl (C=O) groups is 2. The molecular weight excluding hydrogens is 534 g/mol. The molecule has 4 aromatic rings. The quantitative estimate of drug-likeness (QED) is 0.224. The number of carboxylic acid groups (broad SMARTS) is 2. The number of benzene rings is 3. The number of aliphatic hydroxyl groups is 1. The van der Waals surface area contributed by atoms with E-state index in [4.69, 9.17) is 24.5 Å². The van der Waals surface area contributed by atoms with Crippen LogP contribution in [0.15, 0.2) is 79.0 Å². The largest absolute Gasteiger partial charge is 0.490 e. The van der Waals surface area contributed by atoms with Gasteiger partial charge in [0.2, 0.25) is 0 Å².